The Morgan fingerprint density at radius 2 is 2.18 bits per heavy atom. The predicted octanol–water partition coefficient (Wildman–Crippen LogP) is 2.66. The maximum absolute atomic E-state index is 13.4. The summed E-state index contributed by atoms with van der Waals surface area (Å²) in [7, 11) is 0. The minimum absolute atomic E-state index is 0.270. The monoisotopic (exact) mass is 233 g/mol. The van der Waals surface area contributed by atoms with Gasteiger partial charge in [-0.05, 0) is 49.4 Å². The van der Waals surface area contributed by atoms with Crippen molar-refractivity contribution in [3.63, 3.8) is 0 Å². The molecule has 0 bridgehead atoms. The Kier molecular flexibility index (Phi) is 2.90. The first kappa shape index (κ1) is 11.7. The summed E-state index contributed by atoms with van der Waals surface area (Å²) in [5.74, 6) is -0.416. The fraction of sp³-hybridized carbons (Fsp3) is 0.385. The first-order chi connectivity index (χ1) is 8.13. The number of aliphatic imine (C=N–C) groups is 1. The van der Waals surface area contributed by atoms with Crippen molar-refractivity contribution in [2.45, 2.75) is 31.7 Å². The molecule has 88 valence electrons. The van der Waals surface area contributed by atoms with Gasteiger partial charge >= 0.3 is 0 Å². The predicted molar refractivity (Wildman–Crippen MR) is 60.2 cm³/mol. The van der Waals surface area contributed by atoms with Crippen LogP contribution in [0, 0.1) is 12.7 Å². The quantitative estimate of drug-likeness (QED) is 0.457. The van der Waals surface area contributed by atoms with Crippen LogP contribution in [0.1, 0.15) is 40.7 Å². The Balaban J connectivity index is 2.61. The lowest BCUT2D eigenvalue weighted by Gasteiger charge is -2.38. The van der Waals surface area contributed by atoms with E-state index in [0.29, 0.717) is 30.3 Å². The number of halogens is 1. The molecule has 0 spiro atoms. The summed E-state index contributed by atoms with van der Waals surface area (Å²) in [6, 6.07) is 2.82. The summed E-state index contributed by atoms with van der Waals surface area (Å²) in [6.07, 6.45) is 4.52. The number of benzene rings is 1. The van der Waals surface area contributed by atoms with E-state index in [0.717, 1.165) is 6.42 Å². The molecule has 1 aromatic carbocycles. The van der Waals surface area contributed by atoms with Crippen LogP contribution in [0.3, 0.4) is 0 Å². The van der Waals surface area contributed by atoms with Gasteiger partial charge in [-0.25, -0.2) is 9.18 Å². The molecule has 4 heteroatoms. The normalized spacial score (nSPS) is 16.8. The zero-order chi connectivity index (χ0) is 12.5. The molecule has 0 amide bonds. The summed E-state index contributed by atoms with van der Waals surface area (Å²) in [6.45, 7) is 1.63. The molecule has 1 aliphatic carbocycles. The molecule has 0 N–H and O–H groups in total. The molecule has 0 aliphatic heterocycles. The molecule has 17 heavy (non-hydrogen) atoms. The third kappa shape index (κ3) is 1.81. The zero-order valence-corrected chi connectivity index (χ0v) is 9.50. The number of aldehydes is 1. The van der Waals surface area contributed by atoms with Crippen molar-refractivity contribution < 1.29 is 14.0 Å². The van der Waals surface area contributed by atoms with E-state index in [1.165, 1.54) is 6.07 Å². The number of carbonyl (C=O) groups excluding carboxylic acids is 2. The molecule has 0 aromatic heterocycles. The first-order valence-corrected chi connectivity index (χ1v) is 5.48. The van der Waals surface area contributed by atoms with E-state index in [4.69, 9.17) is 0 Å². The zero-order valence-electron chi connectivity index (χ0n) is 9.50. The SMILES string of the molecule is Cc1cc(C2(N=C=O)CCC2)c(C=O)cc1F. The molecule has 1 fully saturated rings. The number of carbonyl (C=O) groups is 1. The van der Waals surface area contributed by atoms with Gasteiger partial charge in [0.05, 0.1) is 5.54 Å². The molecule has 1 saturated carbocycles. The van der Waals surface area contributed by atoms with Crippen LogP contribution in [0.5, 0.6) is 0 Å². The average Bonchev–Trinajstić information content (AvgIpc) is 2.27. The largest absolute Gasteiger partial charge is 0.298 e. The van der Waals surface area contributed by atoms with Crippen LogP contribution >= 0.6 is 0 Å². The summed E-state index contributed by atoms with van der Waals surface area (Å²) in [5, 5.41) is 0. The molecule has 0 unspecified atom stereocenters. The Morgan fingerprint density at radius 1 is 1.47 bits per heavy atom. The number of hydrogen-bond donors (Lipinski definition) is 0. The smallest absolute Gasteiger partial charge is 0.235 e. The Bertz CT molecular complexity index is 514. The molecule has 0 saturated heterocycles. The van der Waals surface area contributed by atoms with Crippen LogP contribution in [0.2, 0.25) is 0 Å². The molecular weight excluding hydrogens is 221 g/mol. The minimum Gasteiger partial charge on any atom is -0.298 e. The van der Waals surface area contributed by atoms with Crippen LogP contribution in [-0.2, 0) is 10.3 Å². The van der Waals surface area contributed by atoms with Gasteiger partial charge in [0.25, 0.3) is 0 Å². The molecule has 1 aromatic rings. The fourth-order valence-electron chi connectivity index (χ4n) is 2.24. The third-order valence-electron chi connectivity index (χ3n) is 3.40. The Hall–Kier alpha value is -1.80. The highest BCUT2D eigenvalue weighted by molar-refractivity contribution is 5.78. The Labute approximate surface area is 98.4 Å². The summed E-state index contributed by atoms with van der Waals surface area (Å²) in [4.78, 5) is 25.3. The van der Waals surface area contributed by atoms with Gasteiger partial charge in [0, 0.05) is 5.56 Å². The Morgan fingerprint density at radius 3 is 2.65 bits per heavy atom. The highest BCUT2D eigenvalue weighted by atomic mass is 19.1. The van der Waals surface area contributed by atoms with Crippen LogP contribution in [0.25, 0.3) is 0 Å². The number of isocyanates is 1. The van der Waals surface area contributed by atoms with E-state index in [1.807, 2.05) is 0 Å². The molecule has 0 radical (unpaired) electrons. The van der Waals surface area contributed by atoms with E-state index in [2.05, 4.69) is 4.99 Å². The molecule has 2 rings (SSSR count). The third-order valence-corrected chi connectivity index (χ3v) is 3.40. The number of rotatable bonds is 3. The number of aryl methyl sites for hydroxylation is 1. The lowest BCUT2D eigenvalue weighted by molar-refractivity contribution is 0.111. The van der Waals surface area contributed by atoms with Gasteiger partial charge < -0.3 is 0 Å². The van der Waals surface area contributed by atoms with E-state index in [9.17, 15) is 14.0 Å². The second kappa shape index (κ2) is 4.22. The van der Waals surface area contributed by atoms with Gasteiger partial charge in [-0.3, -0.25) is 4.79 Å². The topological polar surface area (TPSA) is 46.5 Å². The molecule has 0 heterocycles. The van der Waals surface area contributed by atoms with Gasteiger partial charge in [0.15, 0.2) is 6.29 Å². The van der Waals surface area contributed by atoms with E-state index in [-0.39, 0.29) is 5.56 Å². The van der Waals surface area contributed by atoms with Gasteiger partial charge in [-0.2, -0.15) is 4.99 Å². The summed E-state index contributed by atoms with van der Waals surface area (Å²) < 4.78 is 13.4. The average molecular weight is 233 g/mol. The van der Waals surface area contributed by atoms with Crippen molar-refractivity contribution in [3.05, 3.63) is 34.6 Å². The number of hydrogen-bond acceptors (Lipinski definition) is 3. The van der Waals surface area contributed by atoms with Crippen molar-refractivity contribution in [2.24, 2.45) is 4.99 Å². The maximum atomic E-state index is 13.4. The van der Waals surface area contributed by atoms with Crippen LogP contribution in [-0.4, -0.2) is 12.4 Å². The van der Waals surface area contributed by atoms with E-state index in [1.54, 1.807) is 19.1 Å². The van der Waals surface area contributed by atoms with Crippen molar-refractivity contribution in [1.82, 2.24) is 0 Å². The second-order valence-electron chi connectivity index (χ2n) is 4.39. The van der Waals surface area contributed by atoms with E-state index >= 15 is 0 Å². The lowest BCUT2D eigenvalue weighted by Crippen LogP contribution is -2.33. The van der Waals surface area contributed by atoms with Crippen LogP contribution in [0.4, 0.5) is 4.39 Å². The van der Waals surface area contributed by atoms with Gasteiger partial charge in [-0.15, -0.1) is 0 Å². The highest BCUT2D eigenvalue weighted by Crippen LogP contribution is 2.46. The highest BCUT2D eigenvalue weighted by Gasteiger charge is 2.40. The molecule has 1 aliphatic rings. The maximum Gasteiger partial charge on any atom is 0.235 e. The number of nitrogens with zero attached hydrogens (tertiary/aromatic N) is 1. The van der Waals surface area contributed by atoms with Gasteiger partial charge in [-0.1, -0.05) is 0 Å². The van der Waals surface area contributed by atoms with Crippen LogP contribution < -0.4 is 0 Å². The van der Waals surface area contributed by atoms with E-state index < -0.39 is 11.4 Å². The molecule has 0 atom stereocenters. The van der Waals surface area contributed by atoms with Crippen LogP contribution in [0.15, 0.2) is 17.1 Å². The first-order valence-electron chi connectivity index (χ1n) is 5.48. The van der Waals surface area contributed by atoms with Gasteiger partial charge in [0.1, 0.15) is 5.82 Å². The van der Waals surface area contributed by atoms with Crippen molar-refractivity contribution in [1.29, 1.82) is 0 Å². The summed E-state index contributed by atoms with van der Waals surface area (Å²) in [5.41, 5.74) is 0.710. The van der Waals surface area contributed by atoms with Gasteiger partial charge in [0.2, 0.25) is 6.08 Å². The standard InChI is InChI=1S/C13H12FNO2/c1-9-5-11(10(7-16)6-12(9)14)13(15-8-17)3-2-4-13/h5-7H,2-4H2,1H3. The molecular formula is C13H12FNO2. The van der Waals surface area contributed by atoms with Crippen molar-refractivity contribution in [2.75, 3.05) is 0 Å². The summed E-state index contributed by atoms with van der Waals surface area (Å²) >= 11 is 0. The molecule has 3 nitrogen and oxygen atoms in total. The second-order valence-corrected chi connectivity index (χ2v) is 4.39. The lowest BCUT2D eigenvalue weighted by atomic mass is 9.70. The van der Waals surface area contributed by atoms with Crippen molar-refractivity contribution in [3.8, 4) is 0 Å². The van der Waals surface area contributed by atoms with Crippen molar-refractivity contribution >= 4 is 12.4 Å². The fourth-order valence-corrected chi connectivity index (χ4v) is 2.24. The minimum atomic E-state index is -0.656.